The maximum absolute atomic E-state index is 11.2. The molecule has 0 atom stereocenters. The summed E-state index contributed by atoms with van der Waals surface area (Å²) in [5, 5.41) is 0. The van der Waals surface area contributed by atoms with Gasteiger partial charge in [0.25, 0.3) is 0 Å². The van der Waals surface area contributed by atoms with Crippen molar-refractivity contribution in [3.63, 3.8) is 0 Å². The molecule has 0 bridgehead atoms. The van der Waals surface area contributed by atoms with Crippen LogP contribution in [0, 0.1) is 0 Å². The molecular formula is C14H20N2O. The molecular weight excluding hydrogens is 212 g/mol. The van der Waals surface area contributed by atoms with Crippen molar-refractivity contribution in [1.82, 2.24) is 9.80 Å². The largest absolute Gasteiger partial charge is 0.340 e. The van der Waals surface area contributed by atoms with Crippen molar-refractivity contribution in [2.45, 2.75) is 13.3 Å². The lowest BCUT2D eigenvalue weighted by atomic mass is 10.1. The molecule has 1 fully saturated rings. The number of carbonyl (C=O) groups is 1. The standard InChI is InChI=1S/C14H20N2O/c1-13(17)16-11-9-15(10-12-16)8-7-14-5-3-2-4-6-14/h2-6H,7-12H2,1H3. The molecule has 1 saturated heterocycles. The first kappa shape index (κ1) is 12.1. The maximum atomic E-state index is 11.2. The van der Waals surface area contributed by atoms with Gasteiger partial charge in [-0.25, -0.2) is 0 Å². The average Bonchev–Trinajstić information content (AvgIpc) is 2.38. The van der Waals surface area contributed by atoms with E-state index in [1.165, 1.54) is 5.56 Å². The molecule has 0 saturated carbocycles. The first-order valence-corrected chi connectivity index (χ1v) is 6.27. The van der Waals surface area contributed by atoms with Crippen LogP contribution in [0.4, 0.5) is 0 Å². The van der Waals surface area contributed by atoms with Gasteiger partial charge in [-0.15, -0.1) is 0 Å². The highest BCUT2D eigenvalue weighted by Gasteiger charge is 2.17. The van der Waals surface area contributed by atoms with E-state index in [1.807, 2.05) is 4.90 Å². The Morgan fingerprint density at radius 2 is 1.76 bits per heavy atom. The summed E-state index contributed by atoms with van der Waals surface area (Å²) in [5.74, 6) is 0.202. The van der Waals surface area contributed by atoms with Gasteiger partial charge in [-0.2, -0.15) is 0 Å². The number of nitrogens with zero attached hydrogens (tertiary/aromatic N) is 2. The van der Waals surface area contributed by atoms with Crippen molar-refractivity contribution in [2.24, 2.45) is 0 Å². The van der Waals surface area contributed by atoms with E-state index in [2.05, 4.69) is 35.2 Å². The lowest BCUT2D eigenvalue weighted by Crippen LogP contribution is -2.48. The second-order valence-electron chi connectivity index (χ2n) is 4.58. The number of amides is 1. The van der Waals surface area contributed by atoms with Crippen molar-refractivity contribution in [3.05, 3.63) is 35.9 Å². The summed E-state index contributed by atoms with van der Waals surface area (Å²) in [5.41, 5.74) is 1.39. The minimum absolute atomic E-state index is 0.202. The Kier molecular flexibility index (Phi) is 4.15. The number of piperazine rings is 1. The van der Waals surface area contributed by atoms with Crippen LogP contribution in [0.15, 0.2) is 30.3 Å². The molecule has 3 nitrogen and oxygen atoms in total. The van der Waals surface area contributed by atoms with Crippen LogP contribution in [-0.2, 0) is 11.2 Å². The molecule has 17 heavy (non-hydrogen) atoms. The van der Waals surface area contributed by atoms with Crippen LogP contribution in [0.3, 0.4) is 0 Å². The second-order valence-corrected chi connectivity index (χ2v) is 4.58. The van der Waals surface area contributed by atoms with Crippen molar-refractivity contribution in [1.29, 1.82) is 0 Å². The van der Waals surface area contributed by atoms with Crippen LogP contribution in [0.2, 0.25) is 0 Å². The van der Waals surface area contributed by atoms with Crippen LogP contribution in [-0.4, -0.2) is 48.4 Å². The summed E-state index contributed by atoms with van der Waals surface area (Å²) >= 11 is 0. The lowest BCUT2D eigenvalue weighted by molar-refractivity contribution is -0.130. The van der Waals surface area contributed by atoms with Crippen LogP contribution >= 0.6 is 0 Å². The summed E-state index contributed by atoms with van der Waals surface area (Å²) in [7, 11) is 0. The SMILES string of the molecule is CC(=O)N1CCN(CCc2ccccc2)CC1. The molecule has 0 N–H and O–H groups in total. The first-order valence-electron chi connectivity index (χ1n) is 6.27. The van der Waals surface area contributed by atoms with E-state index >= 15 is 0 Å². The van der Waals surface area contributed by atoms with Gasteiger partial charge >= 0.3 is 0 Å². The minimum atomic E-state index is 0.202. The summed E-state index contributed by atoms with van der Waals surface area (Å²) in [4.78, 5) is 15.6. The second kappa shape index (κ2) is 5.82. The van der Waals surface area contributed by atoms with Crippen molar-refractivity contribution in [3.8, 4) is 0 Å². The fourth-order valence-corrected chi connectivity index (χ4v) is 2.22. The number of hydrogen-bond donors (Lipinski definition) is 0. The molecule has 0 spiro atoms. The van der Waals surface area contributed by atoms with E-state index in [0.717, 1.165) is 39.1 Å². The summed E-state index contributed by atoms with van der Waals surface area (Å²) in [6.07, 6.45) is 1.10. The molecule has 0 radical (unpaired) electrons. The highest BCUT2D eigenvalue weighted by atomic mass is 16.2. The molecule has 92 valence electrons. The molecule has 1 aromatic rings. The molecule has 1 aliphatic rings. The van der Waals surface area contributed by atoms with Gasteiger partial charge in [0.2, 0.25) is 5.91 Å². The van der Waals surface area contributed by atoms with Crippen molar-refractivity contribution < 1.29 is 4.79 Å². The summed E-state index contributed by atoms with van der Waals surface area (Å²) < 4.78 is 0. The molecule has 1 heterocycles. The zero-order chi connectivity index (χ0) is 12.1. The maximum Gasteiger partial charge on any atom is 0.219 e. The molecule has 1 aromatic carbocycles. The van der Waals surface area contributed by atoms with Crippen LogP contribution in [0.25, 0.3) is 0 Å². The van der Waals surface area contributed by atoms with Gasteiger partial charge in [0, 0.05) is 39.6 Å². The minimum Gasteiger partial charge on any atom is -0.340 e. The van der Waals surface area contributed by atoms with E-state index in [0.29, 0.717) is 0 Å². The van der Waals surface area contributed by atoms with Gasteiger partial charge in [-0.05, 0) is 12.0 Å². The van der Waals surface area contributed by atoms with E-state index in [4.69, 9.17) is 0 Å². The predicted octanol–water partition coefficient (Wildman–Crippen LogP) is 1.39. The highest BCUT2D eigenvalue weighted by molar-refractivity contribution is 5.73. The van der Waals surface area contributed by atoms with Gasteiger partial charge < -0.3 is 4.90 Å². The number of benzene rings is 1. The molecule has 0 aliphatic carbocycles. The zero-order valence-corrected chi connectivity index (χ0v) is 10.4. The molecule has 3 heteroatoms. The Balaban J connectivity index is 1.74. The smallest absolute Gasteiger partial charge is 0.219 e. The van der Waals surface area contributed by atoms with E-state index in [1.54, 1.807) is 6.92 Å². The Bertz CT molecular complexity index is 356. The van der Waals surface area contributed by atoms with Gasteiger partial charge in [-0.1, -0.05) is 30.3 Å². The number of rotatable bonds is 3. The third-order valence-electron chi connectivity index (χ3n) is 3.38. The molecule has 0 aromatic heterocycles. The van der Waals surface area contributed by atoms with Gasteiger partial charge in [0.15, 0.2) is 0 Å². The lowest BCUT2D eigenvalue weighted by Gasteiger charge is -2.34. The van der Waals surface area contributed by atoms with E-state index < -0.39 is 0 Å². The van der Waals surface area contributed by atoms with E-state index in [9.17, 15) is 4.79 Å². The topological polar surface area (TPSA) is 23.6 Å². The molecule has 1 aliphatic heterocycles. The highest BCUT2D eigenvalue weighted by Crippen LogP contribution is 2.05. The third kappa shape index (κ3) is 3.56. The van der Waals surface area contributed by atoms with Crippen LogP contribution < -0.4 is 0 Å². The Morgan fingerprint density at radius 3 is 2.35 bits per heavy atom. The Labute approximate surface area is 103 Å². The normalized spacial score (nSPS) is 17.1. The zero-order valence-electron chi connectivity index (χ0n) is 10.4. The monoisotopic (exact) mass is 232 g/mol. The van der Waals surface area contributed by atoms with Gasteiger partial charge in [0.1, 0.15) is 0 Å². The fraction of sp³-hybridized carbons (Fsp3) is 0.500. The average molecular weight is 232 g/mol. The number of hydrogen-bond acceptors (Lipinski definition) is 2. The quantitative estimate of drug-likeness (QED) is 0.786. The van der Waals surface area contributed by atoms with E-state index in [-0.39, 0.29) is 5.91 Å². The summed E-state index contributed by atoms with van der Waals surface area (Å²) in [6, 6.07) is 10.6. The van der Waals surface area contributed by atoms with Crippen molar-refractivity contribution >= 4 is 5.91 Å². The fourth-order valence-electron chi connectivity index (χ4n) is 2.22. The molecule has 2 rings (SSSR count). The molecule has 0 unspecified atom stereocenters. The predicted molar refractivity (Wildman–Crippen MR) is 68.8 cm³/mol. The van der Waals surface area contributed by atoms with Crippen LogP contribution in [0.5, 0.6) is 0 Å². The third-order valence-corrected chi connectivity index (χ3v) is 3.38. The Hall–Kier alpha value is -1.35. The number of carbonyl (C=O) groups excluding carboxylic acids is 1. The van der Waals surface area contributed by atoms with Crippen LogP contribution in [0.1, 0.15) is 12.5 Å². The summed E-state index contributed by atoms with van der Waals surface area (Å²) in [6.45, 7) is 6.52. The molecule has 1 amide bonds. The van der Waals surface area contributed by atoms with Gasteiger partial charge in [-0.3, -0.25) is 9.69 Å². The van der Waals surface area contributed by atoms with Crippen molar-refractivity contribution in [2.75, 3.05) is 32.7 Å². The Morgan fingerprint density at radius 1 is 1.12 bits per heavy atom. The van der Waals surface area contributed by atoms with Gasteiger partial charge in [0.05, 0.1) is 0 Å². The first-order chi connectivity index (χ1) is 8.25.